The van der Waals surface area contributed by atoms with Crippen LogP contribution in [0.3, 0.4) is 0 Å². The molecule has 2 N–H and O–H groups in total. The third-order valence-corrected chi connectivity index (χ3v) is 4.00. The van der Waals surface area contributed by atoms with E-state index < -0.39 is 0 Å². The van der Waals surface area contributed by atoms with Gasteiger partial charge in [-0.25, -0.2) is 0 Å². The van der Waals surface area contributed by atoms with Crippen LogP contribution in [0.5, 0.6) is 5.75 Å². The highest BCUT2D eigenvalue weighted by Gasteiger charge is 2.18. The fourth-order valence-electron chi connectivity index (χ4n) is 2.38. The summed E-state index contributed by atoms with van der Waals surface area (Å²) in [4.78, 5) is 23.2. The summed E-state index contributed by atoms with van der Waals surface area (Å²) in [6, 6.07) is 7.18. The molecule has 1 saturated carbocycles. The third kappa shape index (κ3) is 5.75. The molecule has 2 rings (SSSR count). The summed E-state index contributed by atoms with van der Waals surface area (Å²) in [6.45, 7) is -0.134. The summed E-state index contributed by atoms with van der Waals surface area (Å²) in [7, 11) is 0. The highest BCUT2D eigenvalue weighted by Crippen LogP contribution is 2.27. The average Bonchev–Trinajstić information content (AvgIpc) is 2.97. The first-order valence-corrected chi connectivity index (χ1v) is 7.89. The smallest absolute Gasteiger partial charge is 0.276 e. The Labute approximate surface area is 132 Å². The zero-order valence-corrected chi connectivity index (χ0v) is 13.3. The predicted octanol–water partition coefficient (Wildman–Crippen LogP) is 2.56. The second-order valence-electron chi connectivity index (χ2n) is 5.19. The van der Waals surface area contributed by atoms with Crippen molar-refractivity contribution < 1.29 is 14.3 Å². The van der Waals surface area contributed by atoms with E-state index in [2.05, 4.69) is 26.8 Å². The van der Waals surface area contributed by atoms with E-state index in [9.17, 15) is 9.59 Å². The molecule has 1 fully saturated rings. The normalized spacial score (nSPS) is 14.7. The minimum atomic E-state index is -0.377. The lowest BCUT2D eigenvalue weighted by Gasteiger charge is -2.11. The van der Waals surface area contributed by atoms with Gasteiger partial charge in [0.2, 0.25) is 5.91 Å². The van der Waals surface area contributed by atoms with Gasteiger partial charge in [0.15, 0.2) is 6.61 Å². The van der Waals surface area contributed by atoms with Gasteiger partial charge in [0.25, 0.3) is 5.91 Å². The molecule has 1 aromatic carbocycles. The Bertz CT molecular complexity index is 484. The summed E-state index contributed by atoms with van der Waals surface area (Å²) < 4.78 is 6.25. The molecule has 0 radical (unpaired) electrons. The highest BCUT2D eigenvalue weighted by atomic mass is 79.9. The van der Waals surface area contributed by atoms with Crippen molar-refractivity contribution in [1.82, 2.24) is 10.9 Å². The largest absolute Gasteiger partial charge is 0.484 e. The maximum atomic E-state index is 11.6. The van der Waals surface area contributed by atoms with E-state index in [1.54, 1.807) is 12.1 Å². The lowest BCUT2D eigenvalue weighted by Crippen LogP contribution is -2.44. The standard InChI is InChI=1S/C15H19BrN2O3/c16-12-5-7-13(8-6-12)21-10-15(20)18-17-14(19)9-11-3-1-2-4-11/h5-8,11H,1-4,9-10H2,(H,17,19)(H,18,20). The fraction of sp³-hybridized carbons (Fsp3) is 0.467. The van der Waals surface area contributed by atoms with Crippen LogP contribution in [0.4, 0.5) is 0 Å². The number of carbonyl (C=O) groups excluding carboxylic acids is 2. The van der Waals surface area contributed by atoms with Crippen LogP contribution in [0, 0.1) is 5.92 Å². The van der Waals surface area contributed by atoms with E-state index in [0.29, 0.717) is 18.1 Å². The van der Waals surface area contributed by atoms with E-state index >= 15 is 0 Å². The van der Waals surface area contributed by atoms with Crippen molar-refractivity contribution in [2.45, 2.75) is 32.1 Å². The zero-order chi connectivity index (χ0) is 15.1. The summed E-state index contributed by atoms with van der Waals surface area (Å²) in [5.74, 6) is 0.545. The number of benzene rings is 1. The monoisotopic (exact) mass is 354 g/mol. The zero-order valence-electron chi connectivity index (χ0n) is 11.7. The van der Waals surface area contributed by atoms with Gasteiger partial charge >= 0.3 is 0 Å². The minimum Gasteiger partial charge on any atom is -0.484 e. The number of ether oxygens (including phenoxy) is 1. The van der Waals surface area contributed by atoms with Crippen molar-refractivity contribution >= 4 is 27.7 Å². The first-order chi connectivity index (χ1) is 10.1. The van der Waals surface area contributed by atoms with Gasteiger partial charge in [0.05, 0.1) is 0 Å². The first-order valence-electron chi connectivity index (χ1n) is 7.09. The van der Waals surface area contributed by atoms with Crippen LogP contribution in [-0.2, 0) is 9.59 Å². The van der Waals surface area contributed by atoms with E-state index in [1.165, 1.54) is 12.8 Å². The van der Waals surface area contributed by atoms with Crippen LogP contribution in [0.2, 0.25) is 0 Å². The van der Waals surface area contributed by atoms with Crippen LogP contribution in [-0.4, -0.2) is 18.4 Å². The SMILES string of the molecule is O=C(COc1ccc(Br)cc1)NNC(=O)CC1CCCC1. The number of nitrogens with one attached hydrogen (secondary N) is 2. The van der Waals surface area contributed by atoms with Crippen LogP contribution in [0.25, 0.3) is 0 Å². The minimum absolute atomic E-state index is 0.134. The van der Waals surface area contributed by atoms with E-state index in [4.69, 9.17) is 4.74 Å². The van der Waals surface area contributed by atoms with Gasteiger partial charge in [-0.2, -0.15) is 0 Å². The Hall–Kier alpha value is -1.56. The molecule has 0 heterocycles. The topological polar surface area (TPSA) is 67.4 Å². The van der Waals surface area contributed by atoms with Gasteiger partial charge in [0, 0.05) is 10.9 Å². The van der Waals surface area contributed by atoms with Crippen molar-refractivity contribution in [3.63, 3.8) is 0 Å². The Kier molecular flexibility index (Phi) is 6.04. The van der Waals surface area contributed by atoms with Crippen molar-refractivity contribution in [2.75, 3.05) is 6.61 Å². The number of rotatable bonds is 5. The van der Waals surface area contributed by atoms with Crippen molar-refractivity contribution in [3.8, 4) is 5.75 Å². The summed E-state index contributed by atoms with van der Waals surface area (Å²) in [6.07, 6.45) is 5.09. The molecule has 5 nitrogen and oxygen atoms in total. The van der Waals surface area contributed by atoms with E-state index in [0.717, 1.165) is 17.3 Å². The van der Waals surface area contributed by atoms with Gasteiger partial charge in [-0.1, -0.05) is 28.8 Å². The van der Waals surface area contributed by atoms with Crippen molar-refractivity contribution in [1.29, 1.82) is 0 Å². The highest BCUT2D eigenvalue weighted by molar-refractivity contribution is 9.10. The fourth-order valence-corrected chi connectivity index (χ4v) is 2.65. The van der Waals surface area contributed by atoms with E-state index in [-0.39, 0.29) is 18.4 Å². The molecule has 21 heavy (non-hydrogen) atoms. The molecule has 1 aromatic rings. The molecule has 0 aromatic heterocycles. The molecule has 0 unspecified atom stereocenters. The number of carbonyl (C=O) groups is 2. The predicted molar refractivity (Wildman–Crippen MR) is 82.5 cm³/mol. The first kappa shape index (κ1) is 15.8. The second kappa shape index (κ2) is 8.02. The quantitative estimate of drug-likeness (QED) is 0.798. The van der Waals surface area contributed by atoms with E-state index in [1.807, 2.05) is 12.1 Å². The molecule has 0 saturated heterocycles. The summed E-state index contributed by atoms with van der Waals surface area (Å²) >= 11 is 3.32. The molecule has 6 heteroatoms. The molecule has 1 aliphatic rings. The van der Waals surface area contributed by atoms with Gasteiger partial charge in [-0.15, -0.1) is 0 Å². The maximum absolute atomic E-state index is 11.6. The van der Waals surface area contributed by atoms with Gasteiger partial charge in [0.1, 0.15) is 5.75 Å². The Morgan fingerprint density at radius 2 is 1.71 bits per heavy atom. The van der Waals surface area contributed by atoms with Crippen LogP contribution >= 0.6 is 15.9 Å². The molecular weight excluding hydrogens is 336 g/mol. The van der Waals surface area contributed by atoms with Gasteiger partial charge < -0.3 is 4.74 Å². The Morgan fingerprint density at radius 3 is 2.38 bits per heavy atom. The molecule has 0 spiro atoms. The molecular formula is C15H19BrN2O3. The molecule has 114 valence electrons. The number of amides is 2. The van der Waals surface area contributed by atoms with Crippen LogP contribution < -0.4 is 15.6 Å². The van der Waals surface area contributed by atoms with Crippen molar-refractivity contribution in [2.24, 2.45) is 5.92 Å². The lowest BCUT2D eigenvalue weighted by atomic mass is 10.0. The number of hydrogen-bond acceptors (Lipinski definition) is 3. The second-order valence-corrected chi connectivity index (χ2v) is 6.11. The average molecular weight is 355 g/mol. The number of hydrazine groups is 1. The van der Waals surface area contributed by atoms with Crippen LogP contribution in [0.1, 0.15) is 32.1 Å². The maximum Gasteiger partial charge on any atom is 0.276 e. The Morgan fingerprint density at radius 1 is 1.10 bits per heavy atom. The molecule has 1 aliphatic carbocycles. The van der Waals surface area contributed by atoms with Gasteiger partial charge in [-0.05, 0) is 43.0 Å². The number of halogens is 1. The Balaban J connectivity index is 1.62. The molecule has 0 bridgehead atoms. The molecule has 0 atom stereocenters. The summed E-state index contributed by atoms with van der Waals surface area (Å²) in [5, 5.41) is 0. The molecule has 0 aliphatic heterocycles. The molecule has 2 amide bonds. The van der Waals surface area contributed by atoms with Crippen molar-refractivity contribution in [3.05, 3.63) is 28.7 Å². The van der Waals surface area contributed by atoms with Gasteiger partial charge in [-0.3, -0.25) is 20.4 Å². The summed E-state index contributed by atoms with van der Waals surface area (Å²) in [5.41, 5.74) is 4.79. The lowest BCUT2D eigenvalue weighted by molar-refractivity contribution is -0.130. The van der Waals surface area contributed by atoms with Crippen LogP contribution in [0.15, 0.2) is 28.7 Å². The third-order valence-electron chi connectivity index (χ3n) is 3.47. The number of hydrogen-bond donors (Lipinski definition) is 2.